The summed E-state index contributed by atoms with van der Waals surface area (Å²) in [5, 5.41) is 2.67. The maximum absolute atomic E-state index is 13.0. The average Bonchev–Trinajstić information content (AvgIpc) is 3.10. The Morgan fingerprint density at radius 1 is 1.47 bits per heavy atom. The third-order valence-electron chi connectivity index (χ3n) is 2.47. The van der Waals surface area contributed by atoms with Crippen LogP contribution in [0.4, 0.5) is 4.39 Å². The van der Waals surface area contributed by atoms with Gasteiger partial charge in [-0.1, -0.05) is 0 Å². The lowest BCUT2D eigenvalue weighted by Crippen LogP contribution is -2.30. The number of hydrogen-bond donors (Lipinski definition) is 1. The summed E-state index contributed by atoms with van der Waals surface area (Å²) in [5.41, 5.74) is 0. The Bertz CT molecular complexity index is 601. The quantitative estimate of drug-likeness (QED) is 0.835. The van der Waals surface area contributed by atoms with E-state index >= 15 is 0 Å². The van der Waals surface area contributed by atoms with Gasteiger partial charge in [0.1, 0.15) is 16.5 Å². The summed E-state index contributed by atoms with van der Waals surface area (Å²) < 4.78 is 40.6. The molecule has 0 bridgehead atoms. The van der Waals surface area contributed by atoms with Crippen molar-refractivity contribution in [3.05, 3.63) is 24.0 Å². The molecular formula is C11H11ClFNO4S. The van der Waals surface area contributed by atoms with Gasteiger partial charge in [-0.15, -0.1) is 0 Å². The summed E-state index contributed by atoms with van der Waals surface area (Å²) in [7, 11) is 1.03. The van der Waals surface area contributed by atoms with Crippen LogP contribution in [-0.2, 0) is 13.8 Å². The third-order valence-corrected chi connectivity index (χ3v) is 3.81. The van der Waals surface area contributed by atoms with E-state index in [9.17, 15) is 17.6 Å². The molecule has 1 N–H and O–H groups in total. The first-order chi connectivity index (χ1) is 8.86. The van der Waals surface area contributed by atoms with Crippen LogP contribution in [-0.4, -0.2) is 27.0 Å². The van der Waals surface area contributed by atoms with Gasteiger partial charge < -0.3 is 10.1 Å². The van der Waals surface area contributed by atoms with Crippen molar-refractivity contribution in [2.75, 3.05) is 6.61 Å². The van der Waals surface area contributed by atoms with Gasteiger partial charge in [-0.05, 0) is 31.0 Å². The molecule has 1 aliphatic carbocycles. The summed E-state index contributed by atoms with van der Waals surface area (Å²) >= 11 is 0. The van der Waals surface area contributed by atoms with E-state index in [0.717, 1.165) is 31.0 Å². The van der Waals surface area contributed by atoms with Gasteiger partial charge in [0.05, 0.1) is 0 Å². The van der Waals surface area contributed by atoms with Crippen molar-refractivity contribution in [1.29, 1.82) is 0 Å². The average molecular weight is 308 g/mol. The van der Waals surface area contributed by atoms with Crippen LogP contribution in [0.1, 0.15) is 12.8 Å². The molecule has 0 unspecified atom stereocenters. The number of amides is 1. The van der Waals surface area contributed by atoms with Gasteiger partial charge in [-0.25, -0.2) is 12.8 Å². The molecule has 1 aromatic carbocycles. The fourth-order valence-electron chi connectivity index (χ4n) is 1.43. The number of ether oxygens (including phenoxy) is 1. The minimum atomic E-state index is -4.14. The number of benzene rings is 1. The van der Waals surface area contributed by atoms with E-state index in [4.69, 9.17) is 15.4 Å². The number of nitrogens with one attached hydrogen (secondary N) is 1. The highest BCUT2D eigenvalue weighted by molar-refractivity contribution is 8.13. The Kier molecular flexibility index (Phi) is 3.96. The van der Waals surface area contributed by atoms with Gasteiger partial charge in [-0.3, -0.25) is 4.79 Å². The minimum absolute atomic E-state index is 0.151. The zero-order chi connectivity index (χ0) is 14.0. The molecule has 1 aromatic rings. The molecule has 0 aromatic heterocycles. The van der Waals surface area contributed by atoms with Crippen molar-refractivity contribution >= 4 is 25.6 Å². The zero-order valence-corrected chi connectivity index (χ0v) is 11.3. The Hall–Kier alpha value is -1.34. The maximum atomic E-state index is 13.0. The predicted molar refractivity (Wildman–Crippen MR) is 66.1 cm³/mol. The molecule has 1 saturated carbocycles. The second kappa shape index (κ2) is 5.34. The van der Waals surface area contributed by atoms with Crippen LogP contribution in [0, 0.1) is 5.82 Å². The van der Waals surface area contributed by atoms with Gasteiger partial charge >= 0.3 is 0 Å². The van der Waals surface area contributed by atoms with Gasteiger partial charge in [0.2, 0.25) is 0 Å². The molecule has 0 atom stereocenters. The van der Waals surface area contributed by atoms with Crippen molar-refractivity contribution < 1.29 is 22.3 Å². The molecular weight excluding hydrogens is 297 g/mol. The maximum Gasteiger partial charge on any atom is 0.265 e. The summed E-state index contributed by atoms with van der Waals surface area (Å²) in [6.07, 6.45) is 1.87. The van der Waals surface area contributed by atoms with Gasteiger partial charge in [0, 0.05) is 16.7 Å². The normalized spacial score (nSPS) is 15.1. The molecule has 8 heteroatoms. The Morgan fingerprint density at radius 2 is 2.16 bits per heavy atom. The first-order valence-corrected chi connectivity index (χ1v) is 7.83. The van der Waals surface area contributed by atoms with Gasteiger partial charge in [0.15, 0.2) is 6.61 Å². The highest BCUT2D eigenvalue weighted by atomic mass is 35.7. The fraction of sp³-hybridized carbons (Fsp3) is 0.364. The van der Waals surface area contributed by atoms with E-state index in [0.29, 0.717) is 0 Å². The smallest absolute Gasteiger partial charge is 0.265 e. The van der Waals surface area contributed by atoms with Crippen LogP contribution >= 0.6 is 10.7 Å². The number of carbonyl (C=O) groups excluding carboxylic acids is 1. The van der Waals surface area contributed by atoms with Crippen molar-refractivity contribution in [2.24, 2.45) is 0 Å². The molecule has 1 amide bonds. The molecule has 0 saturated heterocycles. The number of rotatable bonds is 5. The van der Waals surface area contributed by atoms with Crippen molar-refractivity contribution in [3.63, 3.8) is 0 Å². The van der Waals surface area contributed by atoms with E-state index in [1.54, 1.807) is 0 Å². The molecule has 0 spiro atoms. The van der Waals surface area contributed by atoms with Gasteiger partial charge in [-0.2, -0.15) is 0 Å². The molecule has 0 radical (unpaired) electrons. The lowest BCUT2D eigenvalue weighted by Gasteiger charge is -2.09. The third kappa shape index (κ3) is 4.07. The highest BCUT2D eigenvalue weighted by Crippen LogP contribution is 2.27. The molecule has 104 valence electrons. The monoisotopic (exact) mass is 307 g/mol. The van der Waals surface area contributed by atoms with Crippen molar-refractivity contribution in [3.8, 4) is 5.75 Å². The summed E-state index contributed by atoms with van der Waals surface area (Å²) in [6, 6.07) is 3.08. The van der Waals surface area contributed by atoms with Crippen molar-refractivity contribution in [2.45, 2.75) is 23.8 Å². The molecule has 1 aliphatic rings. The second-order valence-corrected chi connectivity index (χ2v) is 6.69. The SMILES string of the molecule is O=C(COc1ccc(F)cc1S(=O)(=O)Cl)NC1CC1. The predicted octanol–water partition coefficient (Wildman–Crippen LogP) is 1.41. The van der Waals surface area contributed by atoms with E-state index in [2.05, 4.69) is 5.32 Å². The van der Waals surface area contributed by atoms with E-state index in [-0.39, 0.29) is 24.3 Å². The Morgan fingerprint density at radius 3 is 2.74 bits per heavy atom. The Balaban J connectivity index is 2.08. The van der Waals surface area contributed by atoms with E-state index in [1.807, 2.05) is 0 Å². The fourth-order valence-corrected chi connectivity index (χ4v) is 2.41. The first-order valence-electron chi connectivity index (χ1n) is 5.52. The van der Waals surface area contributed by atoms with Crippen LogP contribution in [0.15, 0.2) is 23.1 Å². The molecule has 2 rings (SSSR count). The molecule has 5 nitrogen and oxygen atoms in total. The summed E-state index contributed by atoms with van der Waals surface area (Å²) in [5.74, 6) is -1.26. The Labute approximate surface area is 114 Å². The lowest BCUT2D eigenvalue weighted by molar-refractivity contribution is -0.123. The molecule has 0 heterocycles. The standard InChI is InChI=1S/C11H11ClFNO4S/c12-19(16,17)10-5-7(13)1-4-9(10)18-6-11(15)14-8-2-3-8/h1,4-5,8H,2-3,6H2,(H,14,15). The minimum Gasteiger partial charge on any atom is -0.482 e. The zero-order valence-electron chi connectivity index (χ0n) is 9.73. The molecule has 0 aliphatic heterocycles. The lowest BCUT2D eigenvalue weighted by atomic mass is 10.3. The summed E-state index contributed by atoms with van der Waals surface area (Å²) in [4.78, 5) is 10.9. The van der Waals surface area contributed by atoms with Gasteiger partial charge in [0.25, 0.3) is 15.0 Å². The number of carbonyl (C=O) groups is 1. The van der Waals surface area contributed by atoms with Crippen molar-refractivity contribution in [1.82, 2.24) is 5.32 Å². The van der Waals surface area contributed by atoms with Crippen LogP contribution in [0.5, 0.6) is 5.75 Å². The largest absolute Gasteiger partial charge is 0.482 e. The summed E-state index contributed by atoms with van der Waals surface area (Å²) in [6.45, 7) is -0.346. The van der Waals surface area contributed by atoms with Crippen LogP contribution in [0.3, 0.4) is 0 Å². The first kappa shape index (κ1) is 14.1. The molecule has 19 heavy (non-hydrogen) atoms. The van der Waals surface area contributed by atoms with Crippen LogP contribution < -0.4 is 10.1 Å². The van der Waals surface area contributed by atoms with Crippen LogP contribution in [0.2, 0.25) is 0 Å². The topological polar surface area (TPSA) is 72.5 Å². The van der Waals surface area contributed by atoms with E-state index in [1.165, 1.54) is 0 Å². The number of halogens is 2. The number of hydrogen-bond acceptors (Lipinski definition) is 4. The second-order valence-electron chi connectivity index (χ2n) is 4.16. The van der Waals surface area contributed by atoms with Crippen LogP contribution in [0.25, 0.3) is 0 Å². The van der Waals surface area contributed by atoms with E-state index < -0.39 is 19.8 Å². The molecule has 1 fully saturated rings. The highest BCUT2D eigenvalue weighted by Gasteiger charge is 2.24.